The number of hydrogen-bond donors (Lipinski definition) is 1. The number of hydrogen-bond acceptors (Lipinski definition) is 6. The third-order valence-electron chi connectivity index (χ3n) is 4.11. The number of aromatic nitrogens is 4. The van der Waals surface area contributed by atoms with E-state index in [1.165, 1.54) is 0 Å². The van der Waals surface area contributed by atoms with Crippen LogP contribution >= 0.6 is 0 Å². The first kappa shape index (κ1) is 15.4. The Kier molecular flexibility index (Phi) is 4.53. The summed E-state index contributed by atoms with van der Waals surface area (Å²) in [5.74, 6) is 0.766. The van der Waals surface area contributed by atoms with Crippen molar-refractivity contribution in [3.05, 3.63) is 35.8 Å². The largest absolute Gasteiger partial charge is 0.393 e. The third kappa shape index (κ3) is 3.48. The van der Waals surface area contributed by atoms with E-state index >= 15 is 0 Å². The number of anilines is 1. The van der Waals surface area contributed by atoms with Crippen LogP contribution in [0.25, 0.3) is 0 Å². The van der Waals surface area contributed by atoms with Crippen molar-refractivity contribution in [1.82, 2.24) is 20.0 Å². The van der Waals surface area contributed by atoms with Crippen molar-refractivity contribution in [3.8, 4) is 6.07 Å². The lowest BCUT2D eigenvalue weighted by Crippen LogP contribution is -2.35. The van der Waals surface area contributed by atoms with Gasteiger partial charge in [-0.05, 0) is 31.9 Å². The van der Waals surface area contributed by atoms with Crippen molar-refractivity contribution in [2.75, 3.05) is 18.0 Å². The van der Waals surface area contributed by atoms with Gasteiger partial charge in [0.05, 0.1) is 23.4 Å². The summed E-state index contributed by atoms with van der Waals surface area (Å²) in [7, 11) is 0. The van der Waals surface area contributed by atoms with E-state index in [2.05, 4.69) is 26.3 Å². The predicted molar refractivity (Wildman–Crippen MR) is 84.8 cm³/mol. The van der Waals surface area contributed by atoms with Crippen LogP contribution in [0.2, 0.25) is 0 Å². The van der Waals surface area contributed by atoms with Crippen molar-refractivity contribution in [2.45, 2.75) is 38.3 Å². The first-order valence-electron chi connectivity index (χ1n) is 7.86. The number of pyridine rings is 1. The molecule has 0 spiro atoms. The predicted octanol–water partition coefficient (Wildman–Crippen LogP) is 1.31. The number of nitrogens with zero attached hydrogens (tertiary/aromatic N) is 6. The fraction of sp³-hybridized carbons (Fsp3) is 0.500. The normalized spacial score (nSPS) is 17.0. The number of aliphatic hydroxyl groups is 1. The van der Waals surface area contributed by atoms with Gasteiger partial charge in [0.1, 0.15) is 11.9 Å². The number of rotatable bonds is 4. The molecule has 1 atom stereocenters. The summed E-state index contributed by atoms with van der Waals surface area (Å²) in [6.07, 6.45) is 5.63. The summed E-state index contributed by atoms with van der Waals surface area (Å²) >= 11 is 0. The molecule has 0 bridgehead atoms. The van der Waals surface area contributed by atoms with Crippen LogP contribution in [0.3, 0.4) is 0 Å². The molecule has 120 valence electrons. The van der Waals surface area contributed by atoms with Gasteiger partial charge in [-0.3, -0.25) is 0 Å². The first-order valence-corrected chi connectivity index (χ1v) is 7.86. The van der Waals surface area contributed by atoms with E-state index in [-0.39, 0.29) is 0 Å². The van der Waals surface area contributed by atoms with E-state index in [1.54, 1.807) is 25.3 Å². The Labute approximate surface area is 135 Å². The van der Waals surface area contributed by atoms with E-state index < -0.39 is 6.10 Å². The van der Waals surface area contributed by atoms with Crippen molar-refractivity contribution >= 4 is 5.82 Å². The lowest BCUT2D eigenvalue weighted by molar-refractivity contribution is 0.194. The maximum Gasteiger partial charge on any atom is 0.146 e. The number of piperidine rings is 1. The van der Waals surface area contributed by atoms with Gasteiger partial charge in [0.25, 0.3) is 0 Å². The third-order valence-corrected chi connectivity index (χ3v) is 4.11. The van der Waals surface area contributed by atoms with E-state index in [0.29, 0.717) is 18.0 Å². The summed E-state index contributed by atoms with van der Waals surface area (Å²) in [4.78, 5) is 6.50. The van der Waals surface area contributed by atoms with Crippen LogP contribution in [0.15, 0.2) is 24.5 Å². The van der Waals surface area contributed by atoms with Crippen LogP contribution in [-0.4, -0.2) is 44.3 Å². The van der Waals surface area contributed by atoms with Crippen LogP contribution < -0.4 is 4.90 Å². The van der Waals surface area contributed by atoms with Crippen molar-refractivity contribution in [2.24, 2.45) is 0 Å². The van der Waals surface area contributed by atoms with E-state index in [1.807, 2.05) is 10.9 Å². The Morgan fingerprint density at radius 3 is 2.91 bits per heavy atom. The lowest BCUT2D eigenvalue weighted by atomic mass is 10.0. The minimum Gasteiger partial charge on any atom is -0.393 e. The second kappa shape index (κ2) is 6.75. The highest BCUT2D eigenvalue weighted by atomic mass is 16.3. The van der Waals surface area contributed by atoms with Gasteiger partial charge < -0.3 is 10.0 Å². The van der Waals surface area contributed by atoms with Gasteiger partial charge in [-0.15, -0.1) is 5.10 Å². The van der Waals surface area contributed by atoms with Crippen LogP contribution in [-0.2, 0) is 6.42 Å². The molecule has 7 heteroatoms. The van der Waals surface area contributed by atoms with Crippen LogP contribution in [0, 0.1) is 11.3 Å². The minimum atomic E-state index is -0.407. The molecule has 23 heavy (non-hydrogen) atoms. The quantitative estimate of drug-likeness (QED) is 0.915. The molecule has 0 aromatic carbocycles. The van der Waals surface area contributed by atoms with Gasteiger partial charge in [-0.25, -0.2) is 9.67 Å². The second-order valence-corrected chi connectivity index (χ2v) is 5.95. The molecule has 1 N–H and O–H groups in total. The summed E-state index contributed by atoms with van der Waals surface area (Å²) < 4.78 is 1.90. The Bertz CT molecular complexity index is 697. The average Bonchev–Trinajstić information content (AvgIpc) is 3.02. The zero-order chi connectivity index (χ0) is 16.2. The minimum absolute atomic E-state index is 0.302. The SMILES string of the molecule is C[C@H](O)Cc1cn(C2CCN(c3ncccc3C#N)CC2)nn1. The highest BCUT2D eigenvalue weighted by Gasteiger charge is 2.24. The van der Waals surface area contributed by atoms with E-state index in [9.17, 15) is 10.4 Å². The molecule has 1 fully saturated rings. The standard InChI is InChI=1S/C16H20N6O/c1-12(23)9-14-11-22(20-19-14)15-4-7-21(8-5-15)16-13(10-17)3-2-6-18-16/h2-3,6,11-12,15,23H,4-5,7-9H2,1H3/t12-/m0/s1. The molecule has 0 unspecified atom stereocenters. The van der Waals surface area contributed by atoms with Gasteiger partial charge in [-0.1, -0.05) is 5.21 Å². The molecular formula is C16H20N6O. The van der Waals surface area contributed by atoms with E-state index in [0.717, 1.165) is 37.4 Å². The van der Waals surface area contributed by atoms with Crippen molar-refractivity contribution in [3.63, 3.8) is 0 Å². The number of aliphatic hydroxyl groups excluding tert-OH is 1. The fourth-order valence-corrected chi connectivity index (χ4v) is 2.97. The van der Waals surface area contributed by atoms with Crippen LogP contribution in [0.1, 0.15) is 37.1 Å². The molecule has 0 saturated carbocycles. The van der Waals surface area contributed by atoms with Gasteiger partial charge >= 0.3 is 0 Å². The lowest BCUT2D eigenvalue weighted by Gasteiger charge is -2.32. The molecule has 1 saturated heterocycles. The highest BCUT2D eigenvalue weighted by molar-refractivity contribution is 5.53. The molecule has 2 aromatic heterocycles. The van der Waals surface area contributed by atoms with Crippen LogP contribution in [0.5, 0.6) is 0 Å². The zero-order valence-corrected chi connectivity index (χ0v) is 13.1. The summed E-state index contributed by atoms with van der Waals surface area (Å²) in [5, 5.41) is 26.9. The monoisotopic (exact) mass is 312 g/mol. The Balaban J connectivity index is 1.64. The van der Waals surface area contributed by atoms with Gasteiger partial charge in [0.2, 0.25) is 0 Å². The molecule has 0 aliphatic carbocycles. The first-order chi connectivity index (χ1) is 11.2. The molecule has 0 radical (unpaired) electrons. The van der Waals surface area contributed by atoms with Crippen LogP contribution in [0.4, 0.5) is 5.82 Å². The molecular weight excluding hydrogens is 292 g/mol. The molecule has 0 amide bonds. The topological polar surface area (TPSA) is 90.9 Å². The molecule has 7 nitrogen and oxygen atoms in total. The molecule has 3 heterocycles. The molecule has 3 rings (SSSR count). The van der Waals surface area contributed by atoms with E-state index in [4.69, 9.17) is 0 Å². The smallest absolute Gasteiger partial charge is 0.146 e. The van der Waals surface area contributed by atoms with Gasteiger partial charge in [-0.2, -0.15) is 5.26 Å². The van der Waals surface area contributed by atoms with Crippen molar-refractivity contribution < 1.29 is 5.11 Å². The Hall–Kier alpha value is -2.46. The summed E-state index contributed by atoms with van der Waals surface area (Å²) in [6.45, 7) is 3.42. The maximum absolute atomic E-state index is 9.42. The summed E-state index contributed by atoms with van der Waals surface area (Å²) in [6, 6.07) is 6.09. The van der Waals surface area contributed by atoms with Gasteiger partial charge in [0.15, 0.2) is 0 Å². The summed E-state index contributed by atoms with van der Waals surface area (Å²) in [5.41, 5.74) is 1.44. The molecule has 2 aromatic rings. The Morgan fingerprint density at radius 2 is 2.22 bits per heavy atom. The van der Waals surface area contributed by atoms with Gasteiger partial charge in [0, 0.05) is 31.9 Å². The van der Waals surface area contributed by atoms with Crippen molar-refractivity contribution in [1.29, 1.82) is 5.26 Å². The fourth-order valence-electron chi connectivity index (χ4n) is 2.97. The number of nitriles is 1. The zero-order valence-electron chi connectivity index (χ0n) is 13.1. The Morgan fingerprint density at radius 1 is 1.43 bits per heavy atom. The molecule has 1 aliphatic rings. The highest BCUT2D eigenvalue weighted by Crippen LogP contribution is 2.26. The average molecular weight is 312 g/mol. The molecule has 1 aliphatic heterocycles. The second-order valence-electron chi connectivity index (χ2n) is 5.95. The maximum atomic E-state index is 9.42.